The molecular formula is C52H50Br2N6O10. The van der Waals surface area contributed by atoms with Gasteiger partial charge in [0.1, 0.15) is 61.6 Å². The molecule has 6 rings (SSSR count). The molecule has 0 aliphatic rings. The van der Waals surface area contributed by atoms with Crippen molar-refractivity contribution in [1.29, 1.82) is 10.5 Å². The number of aliphatic carboxylic acids is 2. The summed E-state index contributed by atoms with van der Waals surface area (Å²) in [5, 5.41) is 63.2. The van der Waals surface area contributed by atoms with Crippen molar-refractivity contribution in [3.63, 3.8) is 0 Å². The van der Waals surface area contributed by atoms with E-state index in [1.165, 1.54) is 12.4 Å². The van der Waals surface area contributed by atoms with E-state index < -0.39 is 37.0 Å². The average molecular weight is 1080 g/mol. The monoisotopic (exact) mass is 1080 g/mol. The first kappa shape index (κ1) is 52.5. The van der Waals surface area contributed by atoms with E-state index in [9.17, 15) is 30.3 Å². The highest BCUT2D eigenvalue weighted by atomic mass is 79.9. The number of pyridine rings is 2. The SMILES string of the molecule is Cc1c(COc2cc(OCc3cncc(C#N)c3)c(CNC[C@@H](O)CC(=O)O)cc2Br)cccc1-c1cccc(COc2cc(OCc3cncc(C#N)c3)c(CNC[C@@H](O)CC(=O)O)cc2Br)c1C. The van der Waals surface area contributed by atoms with Crippen LogP contribution in [0.2, 0.25) is 0 Å². The summed E-state index contributed by atoms with van der Waals surface area (Å²) in [7, 11) is 0. The molecule has 18 heteroatoms. The van der Waals surface area contributed by atoms with Crippen LogP contribution in [0.4, 0.5) is 0 Å². The minimum Gasteiger partial charge on any atom is -0.488 e. The van der Waals surface area contributed by atoms with Crippen LogP contribution in [0, 0.1) is 36.5 Å². The Labute approximate surface area is 421 Å². The first-order chi connectivity index (χ1) is 33.7. The Kier molecular flexibility index (Phi) is 19.2. The third-order valence-corrected chi connectivity index (χ3v) is 12.3. The molecule has 0 unspecified atom stereocenters. The Morgan fingerprint density at radius 2 is 0.986 bits per heavy atom. The Hall–Kier alpha value is -6.90. The highest BCUT2D eigenvalue weighted by molar-refractivity contribution is 9.11. The summed E-state index contributed by atoms with van der Waals surface area (Å²) in [6, 6.07) is 26.9. The van der Waals surface area contributed by atoms with E-state index in [2.05, 4.69) is 76.7 Å². The van der Waals surface area contributed by atoms with E-state index in [0.29, 0.717) is 54.2 Å². The lowest BCUT2D eigenvalue weighted by molar-refractivity contribution is -0.140. The van der Waals surface area contributed by atoms with E-state index in [1.54, 1.807) is 36.7 Å². The molecule has 0 aliphatic heterocycles. The van der Waals surface area contributed by atoms with Crippen molar-refractivity contribution < 1.29 is 49.0 Å². The normalized spacial score (nSPS) is 11.8. The van der Waals surface area contributed by atoms with Crippen molar-refractivity contribution in [3.05, 3.63) is 162 Å². The number of nitriles is 2. The molecule has 4 aromatic carbocycles. The minimum atomic E-state index is -1.10. The van der Waals surface area contributed by atoms with Crippen molar-refractivity contribution in [2.75, 3.05) is 13.1 Å². The number of nitrogens with zero attached hydrogens (tertiary/aromatic N) is 4. The van der Waals surface area contributed by atoms with Gasteiger partial charge in [0.2, 0.25) is 0 Å². The van der Waals surface area contributed by atoms with Crippen LogP contribution in [0.15, 0.2) is 107 Å². The standard InChI is InChI=1S/C52H50Br2N6O10/c1-31-37(29-69-49-15-47(67-27-35-9-33(17-55)19-57-21-35)39(11-45(49)53)23-59-25-41(61)13-51(63)64)5-3-7-43(31)44-8-4-6-38(32(44)2)30-70-50-16-48(68-28-36-10-34(18-56)20-58-22-36)40(12-46(50)54)24-60-26-42(62)14-52(65)66/h3-12,15-16,19-22,41-42,59-62H,13-14,23-30H2,1-2H3,(H,63,64)(H,65,66)/t41-,42-/m0/s1. The summed E-state index contributed by atoms with van der Waals surface area (Å²) >= 11 is 7.31. The van der Waals surface area contributed by atoms with E-state index in [4.69, 9.17) is 29.2 Å². The molecule has 0 amide bonds. The first-order valence-corrected chi connectivity index (χ1v) is 23.5. The zero-order chi connectivity index (χ0) is 50.2. The second-order valence-electron chi connectivity index (χ2n) is 16.3. The summed E-state index contributed by atoms with van der Waals surface area (Å²) in [4.78, 5) is 30.4. The smallest absolute Gasteiger partial charge is 0.306 e. The summed E-state index contributed by atoms with van der Waals surface area (Å²) in [6.45, 7) is 5.38. The lowest BCUT2D eigenvalue weighted by Gasteiger charge is -2.19. The Balaban J connectivity index is 1.18. The van der Waals surface area contributed by atoms with Gasteiger partial charge in [-0.05, 0) is 103 Å². The van der Waals surface area contributed by atoms with Crippen LogP contribution in [-0.4, -0.2) is 67.6 Å². The fourth-order valence-corrected chi connectivity index (χ4v) is 8.37. The van der Waals surface area contributed by atoms with Gasteiger partial charge < -0.3 is 50.0 Å². The van der Waals surface area contributed by atoms with Gasteiger partial charge in [0.05, 0.1) is 45.1 Å². The van der Waals surface area contributed by atoms with Gasteiger partial charge in [-0.2, -0.15) is 10.5 Å². The van der Waals surface area contributed by atoms with Crippen LogP contribution >= 0.6 is 31.9 Å². The molecular weight excluding hydrogens is 1030 g/mol. The molecule has 0 radical (unpaired) electrons. The summed E-state index contributed by atoms with van der Waals surface area (Å²) in [5.74, 6) is -0.209. The van der Waals surface area contributed by atoms with E-state index >= 15 is 0 Å². The number of halogens is 2. The molecule has 2 heterocycles. The highest BCUT2D eigenvalue weighted by Crippen LogP contribution is 2.37. The van der Waals surface area contributed by atoms with Crippen molar-refractivity contribution in [3.8, 4) is 46.3 Å². The topological polar surface area (TPSA) is 249 Å². The molecule has 362 valence electrons. The number of aromatic nitrogens is 2. The molecule has 2 atom stereocenters. The van der Waals surface area contributed by atoms with Crippen LogP contribution in [0.25, 0.3) is 11.1 Å². The number of carboxylic acid groups (broad SMARTS) is 2. The van der Waals surface area contributed by atoms with Gasteiger partial charge in [-0.1, -0.05) is 36.4 Å². The van der Waals surface area contributed by atoms with Gasteiger partial charge in [-0.25, -0.2) is 0 Å². The van der Waals surface area contributed by atoms with Crippen molar-refractivity contribution in [1.82, 2.24) is 20.6 Å². The van der Waals surface area contributed by atoms with Crippen LogP contribution in [0.3, 0.4) is 0 Å². The van der Waals surface area contributed by atoms with E-state index in [0.717, 1.165) is 44.5 Å². The van der Waals surface area contributed by atoms with Gasteiger partial charge in [-0.3, -0.25) is 19.6 Å². The van der Waals surface area contributed by atoms with Gasteiger partial charge in [0.15, 0.2) is 0 Å². The molecule has 0 saturated heterocycles. The molecule has 0 aliphatic carbocycles. The fraction of sp³-hybridized carbons (Fsp3) is 0.269. The molecule has 16 nitrogen and oxygen atoms in total. The molecule has 6 aromatic rings. The van der Waals surface area contributed by atoms with Crippen molar-refractivity contribution in [2.45, 2.75) is 78.4 Å². The summed E-state index contributed by atoms with van der Waals surface area (Å²) in [6.07, 6.45) is 3.24. The van der Waals surface area contributed by atoms with Gasteiger partial charge in [-0.15, -0.1) is 0 Å². The van der Waals surface area contributed by atoms with Crippen molar-refractivity contribution in [2.24, 2.45) is 0 Å². The number of carboxylic acids is 2. The number of rotatable bonds is 25. The Morgan fingerprint density at radius 1 is 0.586 bits per heavy atom. The number of nitrogens with one attached hydrogen (secondary N) is 2. The quantitative estimate of drug-likeness (QED) is 0.0316. The number of hydrogen-bond donors (Lipinski definition) is 6. The molecule has 6 N–H and O–H groups in total. The largest absolute Gasteiger partial charge is 0.488 e. The van der Waals surface area contributed by atoms with E-state index in [-0.39, 0.29) is 52.6 Å². The lowest BCUT2D eigenvalue weighted by Crippen LogP contribution is -2.28. The van der Waals surface area contributed by atoms with Crippen LogP contribution in [0.5, 0.6) is 23.0 Å². The number of benzene rings is 4. The second kappa shape index (κ2) is 25.6. The number of ether oxygens (including phenoxy) is 4. The predicted octanol–water partition coefficient (Wildman–Crippen LogP) is 8.20. The third kappa shape index (κ3) is 15.0. The van der Waals surface area contributed by atoms with Crippen molar-refractivity contribution >= 4 is 43.8 Å². The van der Waals surface area contributed by atoms with Crippen LogP contribution < -0.4 is 29.6 Å². The zero-order valence-corrected chi connectivity index (χ0v) is 41.4. The fourth-order valence-electron chi connectivity index (χ4n) is 7.36. The molecule has 0 fully saturated rings. The second-order valence-corrected chi connectivity index (χ2v) is 18.0. The van der Waals surface area contributed by atoms with Crippen LogP contribution in [0.1, 0.15) is 68.5 Å². The molecule has 0 spiro atoms. The highest BCUT2D eigenvalue weighted by Gasteiger charge is 2.18. The maximum absolute atomic E-state index is 11.1. The lowest BCUT2D eigenvalue weighted by atomic mass is 9.92. The number of carbonyl (C=O) groups is 2. The molecule has 0 saturated carbocycles. The van der Waals surface area contributed by atoms with Gasteiger partial charge in [0.25, 0.3) is 0 Å². The molecule has 70 heavy (non-hydrogen) atoms. The predicted molar refractivity (Wildman–Crippen MR) is 265 cm³/mol. The molecule has 2 aromatic heterocycles. The first-order valence-electron chi connectivity index (χ1n) is 21.9. The average Bonchev–Trinajstić information content (AvgIpc) is 3.33. The van der Waals surface area contributed by atoms with E-state index in [1.807, 2.05) is 50.2 Å². The summed E-state index contributed by atoms with van der Waals surface area (Å²) < 4.78 is 26.7. The van der Waals surface area contributed by atoms with Gasteiger partial charge >= 0.3 is 11.9 Å². The number of aliphatic hydroxyl groups is 2. The Bertz CT molecular complexity index is 2710. The molecule has 0 bridgehead atoms. The maximum atomic E-state index is 11.1. The third-order valence-electron chi connectivity index (χ3n) is 11.0. The zero-order valence-electron chi connectivity index (χ0n) is 38.2. The maximum Gasteiger partial charge on any atom is 0.306 e. The Morgan fingerprint density at radius 3 is 1.37 bits per heavy atom. The summed E-state index contributed by atoms with van der Waals surface area (Å²) in [5.41, 5.74) is 9.57. The number of hydrogen-bond acceptors (Lipinski definition) is 14. The minimum absolute atomic E-state index is 0.0515. The van der Waals surface area contributed by atoms with Crippen LogP contribution in [-0.2, 0) is 49.1 Å². The number of aliphatic hydroxyl groups excluding tert-OH is 2. The van der Waals surface area contributed by atoms with Gasteiger partial charge in [0, 0.05) is 85.4 Å².